The predicted octanol–water partition coefficient (Wildman–Crippen LogP) is 6.78. The van der Waals surface area contributed by atoms with Gasteiger partial charge < -0.3 is 20.1 Å². The summed E-state index contributed by atoms with van der Waals surface area (Å²) in [5, 5.41) is 5.58. The Morgan fingerprint density at radius 3 is 2.13 bits per heavy atom. The van der Waals surface area contributed by atoms with Crippen LogP contribution < -0.4 is 20.1 Å². The molecule has 7 nitrogen and oxygen atoms in total. The largest absolute Gasteiger partial charge is 0.492 e. The van der Waals surface area contributed by atoms with Crippen molar-refractivity contribution >= 4 is 29.0 Å². The summed E-state index contributed by atoms with van der Waals surface area (Å²) in [5.41, 5.74) is 2.72. The van der Waals surface area contributed by atoms with Crippen LogP contribution in [-0.2, 0) is 15.0 Å². The zero-order chi connectivity index (χ0) is 28.4. The number of ether oxygens (including phenoxy) is 2. The summed E-state index contributed by atoms with van der Waals surface area (Å²) in [6.07, 6.45) is 0.533. The van der Waals surface area contributed by atoms with Crippen molar-refractivity contribution in [1.82, 2.24) is 0 Å². The third kappa shape index (κ3) is 8.18. The fraction of sp³-hybridized carbons (Fsp3) is 0.344. The average Bonchev–Trinajstić information content (AvgIpc) is 2.93. The van der Waals surface area contributed by atoms with E-state index in [0.29, 0.717) is 41.5 Å². The summed E-state index contributed by atoms with van der Waals surface area (Å²) in [5.74, 6) is 0.146. The third-order valence-corrected chi connectivity index (χ3v) is 6.72. The van der Waals surface area contributed by atoms with Gasteiger partial charge in [0.2, 0.25) is 5.91 Å². The number of carbonyl (C=O) groups excluding carboxylic acids is 3. The van der Waals surface area contributed by atoms with Crippen LogP contribution in [0.5, 0.6) is 11.5 Å². The number of carbonyl (C=O) groups is 3. The van der Waals surface area contributed by atoms with E-state index >= 15 is 0 Å². The highest BCUT2D eigenvalue weighted by atomic mass is 16.5. The molecule has 0 aliphatic carbocycles. The Labute approximate surface area is 230 Å². The third-order valence-electron chi connectivity index (χ3n) is 6.72. The van der Waals surface area contributed by atoms with Crippen molar-refractivity contribution < 1.29 is 23.9 Å². The molecule has 7 heteroatoms. The summed E-state index contributed by atoms with van der Waals surface area (Å²) < 4.78 is 11.5. The zero-order valence-corrected chi connectivity index (χ0v) is 23.4. The first-order valence-electron chi connectivity index (χ1n) is 13.4. The van der Waals surface area contributed by atoms with Gasteiger partial charge in [-0.15, -0.1) is 0 Å². The molecule has 0 fully saturated rings. The standard InChI is InChI=1S/C32H38N2O5/c1-6-28(39-25-19-15-23(16-20-25)32(4,5)7-2)31(37)33-24-17-13-22(14-18-24)27(35)21-30(36)34-26-11-9-10-12-29(26)38-8-3/h9-20,28H,6-8,21H2,1-5H3,(H,33,37)(H,34,36)/t28-/m0/s1. The molecule has 0 spiro atoms. The molecule has 0 saturated carbocycles. The highest BCUT2D eigenvalue weighted by Gasteiger charge is 2.21. The molecule has 3 rings (SSSR count). The van der Waals surface area contributed by atoms with Gasteiger partial charge in [0.15, 0.2) is 11.9 Å². The Morgan fingerprint density at radius 2 is 1.51 bits per heavy atom. The molecule has 1 atom stereocenters. The molecule has 0 aliphatic rings. The number of benzene rings is 3. The van der Waals surface area contributed by atoms with Crippen molar-refractivity contribution in [3.05, 3.63) is 83.9 Å². The van der Waals surface area contributed by atoms with Crippen molar-refractivity contribution in [3.8, 4) is 11.5 Å². The molecule has 0 aromatic heterocycles. The number of amides is 2. The molecule has 2 N–H and O–H groups in total. The van der Waals surface area contributed by atoms with E-state index in [1.807, 2.05) is 44.2 Å². The highest BCUT2D eigenvalue weighted by Crippen LogP contribution is 2.28. The van der Waals surface area contributed by atoms with Crippen molar-refractivity contribution in [2.45, 2.75) is 65.4 Å². The Balaban J connectivity index is 1.56. The number of hydrogen-bond donors (Lipinski definition) is 2. The number of ketones is 1. The van der Waals surface area contributed by atoms with E-state index in [1.165, 1.54) is 5.56 Å². The lowest BCUT2D eigenvalue weighted by Crippen LogP contribution is -2.32. The minimum Gasteiger partial charge on any atom is -0.492 e. The smallest absolute Gasteiger partial charge is 0.265 e. The Morgan fingerprint density at radius 1 is 0.846 bits per heavy atom. The normalized spacial score (nSPS) is 11.8. The second-order valence-electron chi connectivity index (χ2n) is 9.92. The van der Waals surface area contributed by atoms with Crippen LogP contribution in [0, 0.1) is 0 Å². The summed E-state index contributed by atoms with van der Waals surface area (Å²) in [4.78, 5) is 38.0. The average molecular weight is 531 g/mol. The maximum absolute atomic E-state index is 12.9. The van der Waals surface area contributed by atoms with E-state index in [9.17, 15) is 14.4 Å². The van der Waals surface area contributed by atoms with Crippen LogP contribution in [0.15, 0.2) is 72.8 Å². The molecule has 39 heavy (non-hydrogen) atoms. The SMILES string of the molecule is CCOc1ccccc1NC(=O)CC(=O)c1ccc(NC(=O)[C@H](CC)Oc2ccc(C(C)(C)CC)cc2)cc1. The van der Waals surface area contributed by atoms with E-state index < -0.39 is 12.0 Å². The van der Waals surface area contributed by atoms with Crippen LogP contribution in [0.2, 0.25) is 0 Å². The minimum atomic E-state index is -0.667. The monoisotopic (exact) mass is 530 g/mol. The van der Waals surface area contributed by atoms with E-state index in [1.54, 1.807) is 42.5 Å². The van der Waals surface area contributed by atoms with E-state index in [-0.39, 0.29) is 23.5 Å². The van der Waals surface area contributed by atoms with Crippen LogP contribution in [0.1, 0.15) is 69.8 Å². The Bertz CT molecular complexity index is 1270. The van der Waals surface area contributed by atoms with Crippen LogP contribution in [0.4, 0.5) is 11.4 Å². The van der Waals surface area contributed by atoms with Crippen molar-refractivity contribution in [3.63, 3.8) is 0 Å². The van der Waals surface area contributed by atoms with Gasteiger partial charge in [-0.2, -0.15) is 0 Å². The van der Waals surface area contributed by atoms with E-state index in [2.05, 4.69) is 31.4 Å². The number of para-hydroxylation sites is 2. The Kier molecular flexibility index (Phi) is 10.3. The predicted molar refractivity (Wildman–Crippen MR) is 155 cm³/mol. The molecular weight excluding hydrogens is 492 g/mol. The van der Waals surface area contributed by atoms with Crippen LogP contribution in [-0.4, -0.2) is 30.3 Å². The number of anilines is 2. The van der Waals surface area contributed by atoms with Gasteiger partial charge in [0, 0.05) is 11.3 Å². The van der Waals surface area contributed by atoms with Gasteiger partial charge >= 0.3 is 0 Å². The van der Waals surface area contributed by atoms with Crippen LogP contribution in [0.3, 0.4) is 0 Å². The summed E-state index contributed by atoms with van der Waals surface area (Å²) in [6.45, 7) is 10.8. The summed E-state index contributed by atoms with van der Waals surface area (Å²) in [6, 6.07) is 21.4. The van der Waals surface area contributed by atoms with Crippen molar-refractivity contribution in [1.29, 1.82) is 0 Å². The lowest BCUT2D eigenvalue weighted by atomic mass is 9.82. The topological polar surface area (TPSA) is 93.7 Å². The van der Waals surface area contributed by atoms with Gasteiger partial charge in [0.05, 0.1) is 18.7 Å². The fourth-order valence-electron chi connectivity index (χ4n) is 3.93. The van der Waals surface area contributed by atoms with Crippen LogP contribution in [0.25, 0.3) is 0 Å². The van der Waals surface area contributed by atoms with Gasteiger partial charge in [-0.3, -0.25) is 14.4 Å². The quantitative estimate of drug-likeness (QED) is 0.188. The van der Waals surface area contributed by atoms with Gasteiger partial charge in [0.25, 0.3) is 5.91 Å². The highest BCUT2D eigenvalue weighted by molar-refractivity contribution is 6.11. The van der Waals surface area contributed by atoms with E-state index in [0.717, 1.165) is 6.42 Å². The first kappa shape index (κ1) is 29.4. The lowest BCUT2D eigenvalue weighted by Gasteiger charge is -2.24. The first-order chi connectivity index (χ1) is 18.7. The lowest BCUT2D eigenvalue weighted by molar-refractivity contribution is -0.122. The molecule has 2 amide bonds. The van der Waals surface area contributed by atoms with E-state index in [4.69, 9.17) is 9.47 Å². The molecule has 206 valence electrons. The second-order valence-corrected chi connectivity index (χ2v) is 9.92. The van der Waals surface area contributed by atoms with Crippen molar-refractivity contribution in [2.24, 2.45) is 0 Å². The fourth-order valence-corrected chi connectivity index (χ4v) is 3.93. The summed E-state index contributed by atoms with van der Waals surface area (Å²) >= 11 is 0. The van der Waals surface area contributed by atoms with Gasteiger partial charge in [-0.25, -0.2) is 0 Å². The molecule has 0 heterocycles. The number of Topliss-reactive ketones (excluding diaryl/α,β-unsaturated/α-hetero) is 1. The second kappa shape index (κ2) is 13.6. The molecule has 3 aromatic carbocycles. The zero-order valence-electron chi connectivity index (χ0n) is 23.4. The molecular formula is C32H38N2O5. The Hall–Kier alpha value is -4.13. The minimum absolute atomic E-state index is 0.0758. The number of hydrogen-bond acceptors (Lipinski definition) is 5. The first-order valence-corrected chi connectivity index (χ1v) is 13.4. The molecule has 3 aromatic rings. The molecule has 0 unspecified atom stereocenters. The molecule has 0 aliphatic heterocycles. The molecule has 0 saturated heterocycles. The van der Waals surface area contributed by atoms with Gasteiger partial charge in [-0.05, 0) is 79.3 Å². The van der Waals surface area contributed by atoms with Gasteiger partial charge in [-0.1, -0.05) is 52.0 Å². The van der Waals surface area contributed by atoms with Crippen LogP contribution >= 0.6 is 0 Å². The maximum Gasteiger partial charge on any atom is 0.265 e. The van der Waals surface area contributed by atoms with Crippen molar-refractivity contribution in [2.75, 3.05) is 17.2 Å². The molecule has 0 bridgehead atoms. The number of nitrogens with one attached hydrogen (secondary N) is 2. The summed E-state index contributed by atoms with van der Waals surface area (Å²) in [7, 11) is 0. The number of rotatable bonds is 13. The maximum atomic E-state index is 12.9. The van der Waals surface area contributed by atoms with Gasteiger partial charge in [0.1, 0.15) is 11.5 Å². The molecule has 0 radical (unpaired) electrons.